The van der Waals surface area contributed by atoms with Gasteiger partial charge in [0, 0.05) is 11.3 Å². The van der Waals surface area contributed by atoms with Crippen LogP contribution in [0.3, 0.4) is 0 Å². The van der Waals surface area contributed by atoms with Gasteiger partial charge in [0.15, 0.2) is 0 Å². The summed E-state index contributed by atoms with van der Waals surface area (Å²) in [7, 11) is 2.79. The van der Waals surface area contributed by atoms with Gasteiger partial charge in [-0.15, -0.1) is 23.1 Å². The van der Waals surface area contributed by atoms with Crippen molar-refractivity contribution in [2.45, 2.75) is 17.7 Å². The highest BCUT2D eigenvalue weighted by atomic mass is 32.2. The SMILES string of the molecule is COC(=O)NC(=O)c1ccsc1NC(=O)CCCSc1ccc(OC)cc1. The predicted octanol–water partition coefficient (Wildman–Crippen LogP) is 3.76. The molecule has 0 spiro atoms. The lowest BCUT2D eigenvalue weighted by Crippen LogP contribution is -2.30. The number of carbonyl (C=O) groups excluding carboxylic acids is 3. The Labute approximate surface area is 165 Å². The van der Waals surface area contributed by atoms with E-state index < -0.39 is 12.0 Å². The monoisotopic (exact) mass is 408 g/mol. The first-order valence-electron chi connectivity index (χ1n) is 8.07. The molecule has 0 saturated heterocycles. The highest BCUT2D eigenvalue weighted by Crippen LogP contribution is 2.24. The summed E-state index contributed by atoms with van der Waals surface area (Å²) in [6, 6.07) is 9.28. The van der Waals surface area contributed by atoms with E-state index in [2.05, 4.69) is 15.4 Å². The van der Waals surface area contributed by atoms with E-state index in [1.165, 1.54) is 24.5 Å². The molecule has 7 nitrogen and oxygen atoms in total. The number of ether oxygens (including phenoxy) is 2. The van der Waals surface area contributed by atoms with E-state index in [0.29, 0.717) is 17.8 Å². The Balaban J connectivity index is 1.76. The summed E-state index contributed by atoms with van der Waals surface area (Å²) in [6.45, 7) is 0. The van der Waals surface area contributed by atoms with Gasteiger partial charge in [-0.3, -0.25) is 14.9 Å². The Bertz CT molecular complexity index is 789. The van der Waals surface area contributed by atoms with Crippen molar-refractivity contribution in [3.8, 4) is 5.75 Å². The van der Waals surface area contributed by atoms with Crippen LogP contribution in [-0.2, 0) is 9.53 Å². The number of amides is 3. The number of alkyl carbamates (subject to hydrolysis) is 1. The highest BCUT2D eigenvalue weighted by Gasteiger charge is 2.17. The maximum atomic E-state index is 12.1. The van der Waals surface area contributed by atoms with Crippen LogP contribution < -0.4 is 15.4 Å². The van der Waals surface area contributed by atoms with Gasteiger partial charge >= 0.3 is 6.09 Å². The van der Waals surface area contributed by atoms with Crippen molar-refractivity contribution >= 4 is 46.0 Å². The molecule has 0 aliphatic carbocycles. The molecule has 2 N–H and O–H groups in total. The van der Waals surface area contributed by atoms with Crippen LogP contribution in [0.1, 0.15) is 23.2 Å². The van der Waals surface area contributed by atoms with Crippen molar-refractivity contribution in [2.75, 3.05) is 25.3 Å². The molecule has 0 fully saturated rings. The molecule has 1 aromatic carbocycles. The van der Waals surface area contributed by atoms with Crippen molar-refractivity contribution in [1.29, 1.82) is 0 Å². The third kappa shape index (κ3) is 6.61. The maximum absolute atomic E-state index is 12.1. The van der Waals surface area contributed by atoms with Gasteiger partial charge < -0.3 is 14.8 Å². The fourth-order valence-corrected chi connectivity index (χ4v) is 3.73. The molecule has 0 atom stereocenters. The van der Waals surface area contributed by atoms with Crippen LogP contribution in [0.15, 0.2) is 40.6 Å². The van der Waals surface area contributed by atoms with E-state index in [9.17, 15) is 14.4 Å². The lowest BCUT2D eigenvalue weighted by Gasteiger charge is -2.07. The molecule has 144 valence electrons. The molecular weight excluding hydrogens is 388 g/mol. The number of anilines is 1. The molecule has 0 radical (unpaired) electrons. The lowest BCUT2D eigenvalue weighted by atomic mass is 10.3. The number of methoxy groups -OCH3 is 2. The Morgan fingerprint density at radius 3 is 2.52 bits per heavy atom. The first-order chi connectivity index (χ1) is 13.0. The zero-order valence-corrected chi connectivity index (χ0v) is 16.6. The number of nitrogens with one attached hydrogen (secondary N) is 2. The molecule has 1 aromatic heterocycles. The van der Waals surface area contributed by atoms with Crippen LogP contribution in [0.25, 0.3) is 0 Å². The van der Waals surface area contributed by atoms with Gasteiger partial charge in [-0.05, 0) is 47.9 Å². The number of thioether (sulfide) groups is 1. The number of rotatable bonds is 8. The van der Waals surface area contributed by atoms with Crippen molar-refractivity contribution in [3.63, 3.8) is 0 Å². The molecule has 27 heavy (non-hydrogen) atoms. The van der Waals surface area contributed by atoms with Gasteiger partial charge in [-0.2, -0.15) is 0 Å². The summed E-state index contributed by atoms with van der Waals surface area (Å²) >= 11 is 2.88. The normalized spacial score (nSPS) is 10.1. The fourth-order valence-electron chi connectivity index (χ4n) is 2.08. The quantitative estimate of drug-likeness (QED) is 0.510. The number of thiophene rings is 1. The van der Waals surface area contributed by atoms with Gasteiger partial charge in [0.25, 0.3) is 5.91 Å². The Morgan fingerprint density at radius 1 is 1.11 bits per heavy atom. The molecule has 2 rings (SSSR count). The van der Waals surface area contributed by atoms with E-state index >= 15 is 0 Å². The van der Waals surface area contributed by atoms with E-state index in [1.807, 2.05) is 24.3 Å². The molecule has 3 amide bonds. The van der Waals surface area contributed by atoms with Crippen LogP contribution in [0.4, 0.5) is 9.80 Å². The van der Waals surface area contributed by atoms with Crippen molar-refractivity contribution in [2.24, 2.45) is 0 Å². The molecule has 2 aromatic rings. The highest BCUT2D eigenvalue weighted by molar-refractivity contribution is 7.99. The van der Waals surface area contributed by atoms with E-state index in [-0.39, 0.29) is 11.5 Å². The standard InChI is InChI=1S/C18H20N2O5S2/c1-24-12-5-7-13(8-6-12)26-10-3-4-15(21)19-17-14(9-11-27-17)16(22)20-18(23)25-2/h5-9,11H,3-4,10H2,1-2H3,(H,19,21)(H,20,22,23). The van der Waals surface area contributed by atoms with Gasteiger partial charge in [0.1, 0.15) is 10.8 Å². The van der Waals surface area contributed by atoms with Crippen LogP contribution in [0.2, 0.25) is 0 Å². The van der Waals surface area contributed by atoms with E-state index in [1.54, 1.807) is 24.3 Å². The molecule has 0 unspecified atom stereocenters. The Hall–Kier alpha value is -2.52. The largest absolute Gasteiger partial charge is 0.497 e. The maximum Gasteiger partial charge on any atom is 0.413 e. The van der Waals surface area contributed by atoms with E-state index in [0.717, 1.165) is 16.4 Å². The number of hydrogen-bond donors (Lipinski definition) is 2. The second-order valence-electron chi connectivity index (χ2n) is 5.28. The molecule has 1 heterocycles. The van der Waals surface area contributed by atoms with Crippen LogP contribution in [-0.4, -0.2) is 37.9 Å². The smallest absolute Gasteiger partial charge is 0.413 e. The summed E-state index contributed by atoms with van der Waals surface area (Å²) in [4.78, 5) is 36.3. The predicted molar refractivity (Wildman–Crippen MR) is 106 cm³/mol. The first kappa shape index (κ1) is 20.8. The summed E-state index contributed by atoms with van der Waals surface area (Å²) in [5.74, 6) is 0.801. The zero-order chi connectivity index (χ0) is 19.6. The summed E-state index contributed by atoms with van der Waals surface area (Å²) < 4.78 is 9.51. The second-order valence-corrected chi connectivity index (χ2v) is 7.37. The average molecular weight is 409 g/mol. The molecule has 0 aliphatic rings. The molecule has 9 heteroatoms. The van der Waals surface area contributed by atoms with E-state index in [4.69, 9.17) is 4.74 Å². The summed E-state index contributed by atoms with van der Waals surface area (Å²) in [5.41, 5.74) is 0.228. The molecule has 0 bridgehead atoms. The van der Waals surface area contributed by atoms with Gasteiger partial charge in [0.2, 0.25) is 5.91 Å². The van der Waals surface area contributed by atoms with Crippen LogP contribution in [0, 0.1) is 0 Å². The van der Waals surface area contributed by atoms with Crippen molar-refractivity contribution in [1.82, 2.24) is 5.32 Å². The van der Waals surface area contributed by atoms with Gasteiger partial charge in [-0.1, -0.05) is 0 Å². The lowest BCUT2D eigenvalue weighted by molar-refractivity contribution is -0.116. The third-order valence-electron chi connectivity index (χ3n) is 3.44. The molecular formula is C18H20N2O5S2. The Morgan fingerprint density at radius 2 is 1.85 bits per heavy atom. The summed E-state index contributed by atoms with van der Waals surface area (Å²) in [5, 5.41) is 6.86. The fraction of sp³-hybridized carbons (Fsp3) is 0.278. The number of imide groups is 1. The topological polar surface area (TPSA) is 93.7 Å². The minimum absolute atomic E-state index is 0.181. The van der Waals surface area contributed by atoms with Crippen LogP contribution in [0.5, 0.6) is 5.75 Å². The number of carbonyl (C=O) groups is 3. The first-order valence-corrected chi connectivity index (χ1v) is 9.93. The van der Waals surface area contributed by atoms with Crippen molar-refractivity contribution in [3.05, 3.63) is 41.3 Å². The summed E-state index contributed by atoms with van der Waals surface area (Å²) in [6.07, 6.45) is 0.176. The van der Waals surface area contributed by atoms with Crippen molar-refractivity contribution < 1.29 is 23.9 Å². The third-order valence-corrected chi connectivity index (χ3v) is 5.37. The number of benzene rings is 1. The molecule has 0 aliphatic heterocycles. The minimum Gasteiger partial charge on any atom is -0.497 e. The average Bonchev–Trinajstić information content (AvgIpc) is 3.13. The van der Waals surface area contributed by atoms with Gasteiger partial charge in [-0.25, -0.2) is 4.79 Å². The minimum atomic E-state index is -0.848. The zero-order valence-electron chi connectivity index (χ0n) is 14.9. The Kier molecular flexibility index (Phi) is 8.15. The number of hydrogen-bond acceptors (Lipinski definition) is 7. The van der Waals surface area contributed by atoms with Gasteiger partial charge in [0.05, 0.1) is 19.8 Å². The van der Waals surface area contributed by atoms with Crippen LogP contribution >= 0.6 is 23.1 Å². The molecule has 0 saturated carbocycles. The second kappa shape index (κ2) is 10.6.